The van der Waals surface area contributed by atoms with E-state index in [4.69, 9.17) is 4.74 Å². The second kappa shape index (κ2) is 5.11. The third-order valence-corrected chi connectivity index (χ3v) is 2.77. The van der Waals surface area contributed by atoms with Crippen LogP contribution >= 0.6 is 0 Å². The molecule has 2 aromatic rings. The summed E-state index contributed by atoms with van der Waals surface area (Å²) in [4.78, 5) is 0. The van der Waals surface area contributed by atoms with Crippen molar-refractivity contribution in [2.45, 2.75) is 6.18 Å². The molecule has 0 saturated carbocycles. The maximum absolute atomic E-state index is 14.0. The third-order valence-electron chi connectivity index (χ3n) is 2.77. The molecule has 2 rings (SSSR count). The summed E-state index contributed by atoms with van der Waals surface area (Å²) in [6.45, 7) is 0. The zero-order valence-corrected chi connectivity index (χ0v) is 10.3. The molecule has 6 heteroatoms. The summed E-state index contributed by atoms with van der Waals surface area (Å²) >= 11 is 0. The Labute approximate surface area is 111 Å². The molecular weight excluding hydrogens is 279 g/mol. The quantitative estimate of drug-likeness (QED) is 0.730. The normalized spacial score (nSPS) is 11.5. The van der Waals surface area contributed by atoms with Crippen molar-refractivity contribution in [3.8, 4) is 16.9 Å². The fourth-order valence-corrected chi connectivity index (χ4v) is 1.79. The average molecular weight is 288 g/mol. The SMILES string of the molecule is COc1cccc(-c2ccc(C(F)(F)F)cc2F)c1F. The van der Waals surface area contributed by atoms with Crippen LogP contribution < -0.4 is 4.74 Å². The standard InChI is InChI=1S/C14H9F5O/c1-20-12-4-2-3-10(13(12)16)9-6-5-8(7-11(9)15)14(17,18)19/h2-7H,1H3. The molecule has 0 aliphatic carbocycles. The third kappa shape index (κ3) is 2.59. The highest BCUT2D eigenvalue weighted by Crippen LogP contribution is 2.35. The zero-order valence-electron chi connectivity index (χ0n) is 10.3. The molecule has 106 valence electrons. The molecule has 20 heavy (non-hydrogen) atoms. The Bertz CT molecular complexity index is 634. The highest BCUT2D eigenvalue weighted by Gasteiger charge is 2.31. The van der Waals surface area contributed by atoms with Gasteiger partial charge in [-0.25, -0.2) is 8.78 Å². The van der Waals surface area contributed by atoms with Crippen LogP contribution in [0.2, 0.25) is 0 Å². The first kappa shape index (κ1) is 14.3. The van der Waals surface area contributed by atoms with Gasteiger partial charge in [0.1, 0.15) is 5.82 Å². The molecule has 0 aliphatic rings. The molecule has 0 spiro atoms. The van der Waals surface area contributed by atoms with E-state index in [1.807, 2.05) is 0 Å². The van der Waals surface area contributed by atoms with Crippen molar-refractivity contribution < 1.29 is 26.7 Å². The molecular formula is C14H9F5O. The Kier molecular flexibility index (Phi) is 3.65. The summed E-state index contributed by atoms with van der Waals surface area (Å²) in [6, 6.07) is 5.97. The first-order valence-corrected chi connectivity index (χ1v) is 5.54. The van der Waals surface area contributed by atoms with Crippen LogP contribution in [0.5, 0.6) is 5.75 Å². The van der Waals surface area contributed by atoms with Gasteiger partial charge in [-0.3, -0.25) is 0 Å². The van der Waals surface area contributed by atoms with Crippen molar-refractivity contribution >= 4 is 0 Å². The number of rotatable bonds is 2. The number of methoxy groups -OCH3 is 1. The minimum absolute atomic E-state index is 0.109. The molecule has 0 bridgehead atoms. The van der Waals surface area contributed by atoms with Gasteiger partial charge in [0, 0.05) is 11.1 Å². The van der Waals surface area contributed by atoms with E-state index >= 15 is 0 Å². The fourth-order valence-electron chi connectivity index (χ4n) is 1.79. The highest BCUT2D eigenvalue weighted by molar-refractivity contribution is 5.67. The van der Waals surface area contributed by atoms with Crippen molar-refractivity contribution in [1.82, 2.24) is 0 Å². The van der Waals surface area contributed by atoms with Gasteiger partial charge in [0.15, 0.2) is 11.6 Å². The summed E-state index contributed by atoms with van der Waals surface area (Å²) in [5, 5.41) is 0. The number of hydrogen-bond donors (Lipinski definition) is 0. The second-order valence-electron chi connectivity index (χ2n) is 4.01. The molecule has 0 aromatic heterocycles. The topological polar surface area (TPSA) is 9.23 Å². The van der Waals surface area contributed by atoms with E-state index in [2.05, 4.69) is 0 Å². The van der Waals surface area contributed by atoms with Crippen LogP contribution in [0, 0.1) is 11.6 Å². The van der Waals surface area contributed by atoms with Crippen LogP contribution in [-0.4, -0.2) is 7.11 Å². The molecule has 0 radical (unpaired) electrons. The van der Waals surface area contributed by atoms with Crippen LogP contribution in [0.4, 0.5) is 22.0 Å². The van der Waals surface area contributed by atoms with Crippen LogP contribution in [0.3, 0.4) is 0 Å². The number of alkyl halides is 3. The smallest absolute Gasteiger partial charge is 0.416 e. The van der Waals surface area contributed by atoms with E-state index in [0.717, 1.165) is 6.07 Å². The molecule has 0 amide bonds. The molecule has 1 nitrogen and oxygen atoms in total. The molecule has 0 saturated heterocycles. The number of ether oxygens (including phenoxy) is 1. The lowest BCUT2D eigenvalue weighted by atomic mass is 10.0. The lowest BCUT2D eigenvalue weighted by molar-refractivity contribution is -0.137. The van der Waals surface area contributed by atoms with E-state index < -0.39 is 23.4 Å². The predicted molar refractivity (Wildman–Crippen MR) is 63.3 cm³/mol. The van der Waals surface area contributed by atoms with Crippen molar-refractivity contribution in [3.63, 3.8) is 0 Å². The van der Waals surface area contributed by atoms with Crippen LogP contribution in [0.15, 0.2) is 36.4 Å². The minimum Gasteiger partial charge on any atom is -0.494 e. The summed E-state index contributed by atoms with van der Waals surface area (Å²) in [5.74, 6) is -2.08. The Morgan fingerprint density at radius 1 is 0.950 bits per heavy atom. The molecule has 0 aliphatic heterocycles. The van der Waals surface area contributed by atoms with Gasteiger partial charge in [-0.1, -0.05) is 18.2 Å². The van der Waals surface area contributed by atoms with Crippen LogP contribution in [-0.2, 0) is 6.18 Å². The van der Waals surface area contributed by atoms with Gasteiger partial charge in [0.2, 0.25) is 0 Å². The summed E-state index contributed by atoms with van der Waals surface area (Å²) in [6.07, 6.45) is -4.65. The van der Waals surface area contributed by atoms with Gasteiger partial charge in [0.05, 0.1) is 12.7 Å². The Hall–Kier alpha value is -2.11. The van der Waals surface area contributed by atoms with Gasteiger partial charge in [0.25, 0.3) is 0 Å². The monoisotopic (exact) mass is 288 g/mol. The lowest BCUT2D eigenvalue weighted by Gasteiger charge is -2.11. The maximum atomic E-state index is 14.0. The first-order valence-electron chi connectivity index (χ1n) is 5.54. The number of halogens is 5. The molecule has 0 heterocycles. The second-order valence-corrected chi connectivity index (χ2v) is 4.01. The summed E-state index contributed by atoms with van der Waals surface area (Å²) in [7, 11) is 1.24. The van der Waals surface area contributed by atoms with Crippen molar-refractivity contribution in [3.05, 3.63) is 53.6 Å². The summed E-state index contributed by atoms with van der Waals surface area (Å²) < 4.78 is 69.8. The highest BCUT2D eigenvalue weighted by atomic mass is 19.4. The molecule has 0 fully saturated rings. The Morgan fingerprint density at radius 2 is 1.65 bits per heavy atom. The maximum Gasteiger partial charge on any atom is 0.416 e. The molecule has 0 atom stereocenters. The average Bonchev–Trinajstić information content (AvgIpc) is 2.38. The van der Waals surface area contributed by atoms with Crippen LogP contribution in [0.1, 0.15) is 5.56 Å². The fraction of sp³-hybridized carbons (Fsp3) is 0.143. The van der Waals surface area contributed by atoms with Crippen LogP contribution in [0.25, 0.3) is 11.1 Å². The van der Waals surface area contributed by atoms with Crippen molar-refractivity contribution in [1.29, 1.82) is 0 Å². The van der Waals surface area contributed by atoms with Gasteiger partial charge in [-0.05, 0) is 18.2 Å². The molecule has 2 aromatic carbocycles. The van der Waals surface area contributed by atoms with E-state index in [-0.39, 0.29) is 16.9 Å². The van der Waals surface area contributed by atoms with Gasteiger partial charge >= 0.3 is 6.18 Å². The Balaban J connectivity index is 2.55. The first-order chi connectivity index (χ1) is 9.34. The molecule has 0 N–H and O–H groups in total. The van der Waals surface area contributed by atoms with Gasteiger partial charge in [-0.15, -0.1) is 0 Å². The Morgan fingerprint density at radius 3 is 2.20 bits per heavy atom. The summed E-state index contributed by atoms with van der Waals surface area (Å²) in [5.41, 5.74) is -1.54. The lowest BCUT2D eigenvalue weighted by Crippen LogP contribution is -2.05. The van der Waals surface area contributed by atoms with Gasteiger partial charge < -0.3 is 4.74 Å². The van der Waals surface area contributed by atoms with Gasteiger partial charge in [-0.2, -0.15) is 13.2 Å². The number of hydrogen-bond acceptors (Lipinski definition) is 1. The van der Waals surface area contributed by atoms with E-state index in [1.165, 1.54) is 25.3 Å². The van der Waals surface area contributed by atoms with E-state index in [9.17, 15) is 22.0 Å². The van der Waals surface area contributed by atoms with E-state index in [0.29, 0.717) is 12.1 Å². The molecule has 0 unspecified atom stereocenters. The zero-order chi connectivity index (χ0) is 14.9. The van der Waals surface area contributed by atoms with Crippen molar-refractivity contribution in [2.75, 3.05) is 7.11 Å². The number of benzene rings is 2. The van der Waals surface area contributed by atoms with E-state index in [1.54, 1.807) is 0 Å². The predicted octanol–water partition coefficient (Wildman–Crippen LogP) is 4.66. The minimum atomic E-state index is -4.65. The van der Waals surface area contributed by atoms with Crippen molar-refractivity contribution in [2.24, 2.45) is 0 Å². The largest absolute Gasteiger partial charge is 0.494 e.